The number of nitrogens with one attached hydrogen (secondary N) is 1. The molecule has 2 unspecified atom stereocenters. The zero-order valence-electron chi connectivity index (χ0n) is 14.3. The standard InChI is InChI=1S/C17H14ClF2N5O3/c18-13-5-22-12(4-23-13)14(26)24-9-1-2-11(19)10(3-9)17-8-27-6-16(17,20)7-28-15(21)25-17/h1-5H,6-8H2,(H2,21,25)(H,24,26). The largest absolute Gasteiger partial charge is 0.462 e. The van der Waals surface area contributed by atoms with Crippen LogP contribution in [0.3, 0.4) is 0 Å². The van der Waals surface area contributed by atoms with Crippen LogP contribution in [0.15, 0.2) is 35.6 Å². The Labute approximate surface area is 162 Å². The molecule has 1 aromatic carbocycles. The van der Waals surface area contributed by atoms with Crippen molar-refractivity contribution in [2.75, 3.05) is 25.1 Å². The number of amides is 1. The van der Waals surface area contributed by atoms with Gasteiger partial charge in [0.2, 0.25) is 0 Å². The Morgan fingerprint density at radius 2 is 2.07 bits per heavy atom. The molecule has 146 valence electrons. The minimum absolute atomic E-state index is 0.00538. The normalized spacial score (nSPS) is 26.2. The maximum Gasteiger partial charge on any atom is 0.283 e. The van der Waals surface area contributed by atoms with Gasteiger partial charge >= 0.3 is 0 Å². The van der Waals surface area contributed by atoms with E-state index < -0.39 is 29.5 Å². The fraction of sp³-hybridized carbons (Fsp3) is 0.294. The van der Waals surface area contributed by atoms with Crippen LogP contribution in [0.5, 0.6) is 0 Å². The van der Waals surface area contributed by atoms with E-state index in [0.29, 0.717) is 0 Å². The number of aromatic nitrogens is 2. The summed E-state index contributed by atoms with van der Waals surface area (Å²) in [7, 11) is 0. The van der Waals surface area contributed by atoms with Crippen LogP contribution in [0.2, 0.25) is 5.15 Å². The molecule has 0 aliphatic carbocycles. The van der Waals surface area contributed by atoms with Crippen LogP contribution in [0.4, 0.5) is 14.5 Å². The van der Waals surface area contributed by atoms with Gasteiger partial charge in [-0.15, -0.1) is 0 Å². The number of carbonyl (C=O) groups excluding carboxylic acids is 1. The first-order valence-electron chi connectivity index (χ1n) is 8.17. The summed E-state index contributed by atoms with van der Waals surface area (Å²) in [5, 5.41) is 2.69. The molecule has 1 amide bonds. The molecule has 0 saturated carbocycles. The van der Waals surface area contributed by atoms with E-state index in [2.05, 4.69) is 20.3 Å². The number of aliphatic imine (C=N–C) groups is 1. The predicted octanol–water partition coefficient (Wildman–Crippen LogP) is 1.80. The SMILES string of the molecule is NC1=NC2(c3cc(NC(=O)c4cnc(Cl)cn4)ccc3F)COCC2(F)CO1. The van der Waals surface area contributed by atoms with Gasteiger partial charge in [-0.1, -0.05) is 11.6 Å². The quantitative estimate of drug-likeness (QED) is 0.799. The van der Waals surface area contributed by atoms with Gasteiger partial charge in [0.05, 0.1) is 25.6 Å². The molecule has 2 atom stereocenters. The number of carbonyl (C=O) groups is 1. The van der Waals surface area contributed by atoms with Crippen molar-refractivity contribution in [3.8, 4) is 0 Å². The molecule has 2 aliphatic rings. The summed E-state index contributed by atoms with van der Waals surface area (Å²) in [4.78, 5) is 24.0. The first kappa shape index (κ1) is 18.5. The Morgan fingerprint density at radius 3 is 2.82 bits per heavy atom. The average Bonchev–Trinajstić information content (AvgIpc) is 3.01. The molecular formula is C17H14ClF2N5O3. The van der Waals surface area contributed by atoms with Crippen molar-refractivity contribution in [2.24, 2.45) is 10.7 Å². The smallest absolute Gasteiger partial charge is 0.283 e. The number of benzene rings is 1. The van der Waals surface area contributed by atoms with E-state index in [1.807, 2.05) is 0 Å². The zero-order valence-corrected chi connectivity index (χ0v) is 15.0. The van der Waals surface area contributed by atoms with Gasteiger partial charge in [-0.3, -0.25) is 4.79 Å². The fourth-order valence-electron chi connectivity index (χ4n) is 3.24. The fourth-order valence-corrected chi connectivity index (χ4v) is 3.33. The van der Waals surface area contributed by atoms with Gasteiger partial charge < -0.3 is 20.5 Å². The summed E-state index contributed by atoms with van der Waals surface area (Å²) >= 11 is 5.65. The lowest BCUT2D eigenvalue weighted by molar-refractivity contribution is 0.00905. The topological polar surface area (TPSA) is 112 Å². The summed E-state index contributed by atoms with van der Waals surface area (Å²) in [6, 6.07) is 3.47. The van der Waals surface area contributed by atoms with E-state index in [1.165, 1.54) is 24.5 Å². The van der Waals surface area contributed by atoms with Crippen LogP contribution in [-0.2, 0) is 15.0 Å². The average molecular weight is 410 g/mol. The van der Waals surface area contributed by atoms with Gasteiger partial charge in [0.1, 0.15) is 23.3 Å². The van der Waals surface area contributed by atoms with Crippen LogP contribution in [0.25, 0.3) is 0 Å². The molecular weight excluding hydrogens is 396 g/mol. The number of alkyl halides is 1. The summed E-state index contributed by atoms with van der Waals surface area (Å²) in [5.41, 5.74) is 1.93. The highest BCUT2D eigenvalue weighted by Gasteiger charge is 2.62. The number of ether oxygens (including phenoxy) is 2. The van der Waals surface area contributed by atoms with Crippen molar-refractivity contribution in [3.63, 3.8) is 0 Å². The number of fused-ring (bicyclic) bond motifs is 1. The van der Waals surface area contributed by atoms with E-state index in [4.69, 9.17) is 26.8 Å². The third kappa shape index (κ3) is 2.94. The van der Waals surface area contributed by atoms with Crippen LogP contribution in [-0.4, -0.2) is 47.4 Å². The monoisotopic (exact) mass is 409 g/mol. The molecule has 2 aliphatic heterocycles. The summed E-state index contributed by atoms with van der Waals surface area (Å²) in [6.45, 7) is -0.955. The molecule has 11 heteroatoms. The number of hydrogen-bond acceptors (Lipinski definition) is 7. The summed E-state index contributed by atoms with van der Waals surface area (Å²) in [6.07, 6.45) is 2.42. The van der Waals surface area contributed by atoms with Crippen molar-refractivity contribution in [3.05, 3.63) is 52.8 Å². The van der Waals surface area contributed by atoms with E-state index >= 15 is 4.39 Å². The molecule has 3 heterocycles. The van der Waals surface area contributed by atoms with Gasteiger partial charge in [-0.2, -0.15) is 0 Å². The molecule has 4 rings (SSSR count). The second-order valence-electron chi connectivity index (χ2n) is 6.43. The van der Waals surface area contributed by atoms with Crippen molar-refractivity contribution in [1.82, 2.24) is 9.97 Å². The van der Waals surface area contributed by atoms with E-state index in [9.17, 15) is 9.18 Å². The van der Waals surface area contributed by atoms with Crippen LogP contribution < -0.4 is 11.1 Å². The van der Waals surface area contributed by atoms with Crippen LogP contribution in [0, 0.1) is 5.82 Å². The van der Waals surface area contributed by atoms with Crippen molar-refractivity contribution in [1.29, 1.82) is 0 Å². The van der Waals surface area contributed by atoms with Gasteiger partial charge in [-0.25, -0.2) is 23.7 Å². The number of nitrogens with two attached hydrogens (primary N) is 1. The first-order valence-corrected chi connectivity index (χ1v) is 8.54. The van der Waals surface area contributed by atoms with Crippen molar-refractivity contribution >= 4 is 29.2 Å². The Hall–Kier alpha value is -2.85. The molecule has 8 nitrogen and oxygen atoms in total. The van der Waals surface area contributed by atoms with Crippen LogP contribution in [0.1, 0.15) is 16.1 Å². The minimum atomic E-state index is -2.10. The maximum absolute atomic E-state index is 15.5. The predicted molar refractivity (Wildman–Crippen MR) is 95.3 cm³/mol. The molecule has 1 fully saturated rings. The van der Waals surface area contributed by atoms with Gasteiger partial charge in [0.15, 0.2) is 11.2 Å². The molecule has 1 saturated heterocycles. The third-order valence-corrected chi connectivity index (χ3v) is 4.85. The highest BCUT2D eigenvalue weighted by molar-refractivity contribution is 6.29. The molecule has 0 spiro atoms. The van der Waals surface area contributed by atoms with Gasteiger partial charge in [0, 0.05) is 11.3 Å². The number of anilines is 1. The Kier molecular flexibility index (Phi) is 4.39. The van der Waals surface area contributed by atoms with Gasteiger partial charge in [-0.05, 0) is 18.2 Å². The highest BCUT2D eigenvalue weighted by atomic mass is 35.5. The molecule has 0 radical (unpaired) electrons. The van der Waals surface area contributed by atoms with E-state index in [-0.39, 0.29) is 41.3 Å². The number of rotatable bonds is 3. The maximum atomic E-state index is 15.5. The molecule has 1 aromatic heterocycles. The molecule has 0 bridgehead atoms. The summed E-state index contributed by atoms with van der Waals surface area (Å²) < 4.78 is 40.4. The number of amidine groups is 1. The van der Waals surface area contributed by atoms with Crippen molar-refractivity contribution in [2.45, 2.75) is 11.2 Å². The molecule has 3 N–H and O–H groups in total. The minimum Gasteiger partial charge on any atom is -0.462 e. The molecule has 2 aromatic rings. The lowest BCUT2D eigenvalue weighted by Gasteiger charge is -2.38. The van der Waals surface area contributed by atoms with Gasteiger partial charge in [0.25, 0.3) is 11.9 Å². The second kappa shape index (κ2) is 6.64. The van der Waals surface area contributed by atoms with Crippen molar-refractivity contribution < 1.29 is 23.0 Å². The Bertz CT molecular complexity index is 974. The Morgan fingerprint density at radius 1 is 1.25 bits per heavy atom. The lowest BCUT2D eigenvalue weighted by atomic mass is 9.78. The number of halogens is 3. The first-order chi connectivity index (χ1) is 13.3. The van der Waals surface area contributed by atoms with E-state index in [0.717, 1.165) is 6.07 Å². The Balaban J connectivity index is 1.70. The summed E-state index contributed by atoms with van der Waals surface area (Å²) in [5.74, 6) is -1.31. The number of hydrogen-bond donors (Lipinski definition) is 2. The molecule has 28 heavy (non-hydrogen) atoms. The third-order valence-electron chi connectivity index (χ3n) is 4.66. The van der Waals surface area contributed by atoms with Crippen LogP contribution >= 0.6 is 11.6 Å². The lowest BCUT2D eigenvalue weighted by Crippen LogP contribution is -2.55. The highest BCUT2D eigenvalue weighted by Crippen LogP contribution is 2.48. The zero-order chi connectivity index (χ0) is 19.9. The van der Waals surface area contributed by atoms with E-state index in [1.54, 1.807) is 0 Å². The number of nitrogens with zero attached hydrogens (tertiary/aromatic N) is 3. The second-order valence-corrected chi connectivity index (χ2v) is 6.82.